The Balaban J connectivity index is 1.16. The molecular formula is C36H45N5O4. The van der Waals surface area contributed by atoms with Crippen LogP contribution in [-0.4, -0.2) is 58.7 Å². The van der Waals surface area contributed by atoms with Gasteiger partial charge in [0, 0.05) is 55.0 Å². The summed E-state index contributed by atoms with van der Waals surface area (Å²) in [5.41, 5.74) is 3.56. The molecule has 4 aromatic rings. The van der Waals surface area contributed by atoms with Gasteiger partial charge in [0.1, 0.15) is 5.60 Å². The number of benzene rings is 1. The maximum Gasteiger partial charge on any atom is 0.419 e. The van der Waals surface area contributed by atoms with Crippen molar-refractivity contribution in [2.24, 2.45) is 10.8 Å². The van der Waals surface area contributed by atoms with Gasteiger partial charge in [0.15, 0.2) is 0 Å². The SMILES string of the molecule is CCCC1(CNCc2cc3ccc(Cn4ccc5c(N6CC7(COC7)C6)cncc5c4=O)cc3n2C(=O)OC(C)(C)C)CCC1. The average Bonchev–Trinajstić information content (AvgIpc) is 3.28. The lowest BCUT2D eigenvalue weighted by atomic mass is 9.66. The van der Waals surface area contributed by atoms with Crippen molar-refractivity contribution in [3.63, 3.8) is 0 Å². The average molecular weight is 612 g/mol. The molecule has 9 heteroatoms. The van der Waals surface area contributed by atoms with Gasteiger partial charge < -0.3 is 24.3 Å². The predicted octanol–water partition coefficient (Wildman–Crippen LogP) is 6.08. The maximum absolute atomic E-state index is 13.7. The molecule has 45 heavy (non-hydrogen) atoms. The minimum Gasteiger partial charge on any atom is -0.443 e. The summed E-state index contributed by atoms with van der Waals surface area (Å²) in [5.74, 6) is 0. The molecule has 2 aliphatic heterocycles. The second-order valence-corrected chi connectivity index (χ2v) is 14.8. The molecule has 5 heterocycles. The molecule has 0 unspecified atom stereocenters. The van der Waals surface area contributed by atoms with E-state index in [4.69, 9.17) is 9.47 Å². The van der Waals surface area contributed by atoms with Crippen molar-refractivity contribution in [1.29, 1.82) is 0 Å². The predicted molar refractivity (Wildman–Crippen MR) is 177 cm³/mol. The van der Waals surface area contributed by atoms with E-state index in [1.54, 1.807) is 15.3 Å². The van der Waals surface area contributed by atoms with Crippen LogP contribution < -0.4 is 15.8 Å². The number of anilines is 1. The third-order valence-corrected chi connectivity index (χ3v) is 9.96. The fraction of sp³-hybridized carbons (Fsp3) is 0.528. The van der Waals surface area contributed by atoms with E-state index < -0.39 is 5.60 Å². The number of rotatable bonds is 9. The van der Waals surface area contributed by atoms with Crippen LogP contribution in [0.4, 0.5) is 10.5 Å². The lowest BCUT2D eigenvalue weighted by Crippen LogP contribution is -2.66. The summed E-state index contributed by atoms with van der Waals surface area (Å²) in [6.45, 7) is 13.3. The highest BCUT2D eigenvalue weighted by molar-refractivity contribution is 5.93. The first-order valence-electron chi connectivity index (χ1n) is 16.4. The Kier molecular flexibility index (Phi) is 7.52. The second-order valence-electron chi connectivity index (χ2n) is 14.8. The van der Waals surface area contributed by atoms with E-state index >= 15 is 0 Å². The summed E-state index contributed by atoms with van der Waals surface area (Å²) >= 11 is 0. The van der Waals surface area contributed by atoms with Gasteiger partial charge >= 0.3 is 6.09 Å². The zero-order valence-electron chi connectivity index (χ0n) is 27.0. The number of carbonyl (C=O) groups excluding carboxylic acids is 1. The van der Waals surface area contributed by atoms with Gasteiger partial charge in [-0.25, -0.2) is 9.36 Å². The van der Waals surface area contributed by atoms with Gasteiger partial charge in [-0.15, -0.1) is 0 Å². The van der Waals surface area contributed by atoms with E-state index in [1.165, 1.54) is 32.1 Å². The van der Waals surface area contributed by atoms with Crippen LogP contribution in [0.5, 0.6) is 0 Å². The molecule has 1 aliphatic carbocycles. The van der Waals surface area contributed by atoms with Crippen molar-refractivity contribution in [3.8, 4) is 0 Å². The zero-order valence-corrected chi connectivity index (χ0v) is 27.0. The van der Waals surface area contributed by atoms with Gasteiger partial charge in [-0.3, -0.25) is 9.78 Å². The standard InChI is InChI=1S/C36H45N5O4/c1-5-10-35(11-6-12-35)20-38-16-27-15-26-8-7-25(14-30(26)41(27)33(43)45-34(2,3)4)19-39-13-9-28-29(32(39)42)17-37-18-31(28)40-21-36(22-40)23-44-24-36/h7-9,13-15,17-18,38H,5-6,10-12,16,19-24H2,1-4H3. The van der Waals surface area contributed by atoms with Crippen LogP contribution in [0.2, 0.25) is 0 Å². The smallest absolute Gasteiger partial charge is 0.419 e. The van der Waals surface area contributed by atoms with Crippen LogP contribution in [0.25, 0.3) is 21.7 Å². The molecule has 1 N–H and O–H groups in total. The first-order chi connectivity index (χ1) is 21.6. The quantitative estimate of drug-likeness (QED) is 0.245. The lowest BCUT2D eigenvalue weighted by molar-refractivity contribution is -0.126. The molecule has 2 saturated heterocycles. The minimum absolute atomic E-state index is 0.0754. The fourth-order valence-electron chi connectivity index (χ4n) is 7.51. The molecule has 7 rings (SSSR count). The first-order valence-corrected chi connectivity index (χ1v) is 16.4. The third-order valence-electron chi connectivity index (χ3n) is 9.96. The van der Waals surface area contributed by atoms with E-state index in [0.29, 0.717) is 23.9 Å². The highest BCUT2D eigenvalue weighted by atomic mass is 16.6. The van der Waals surface area contributed by atoms with Crippen LogP contribution >= 0.6 is 0 Å². The highest BCUT2D eigenvalue weighted by Gasteiger charge is 2.49. The van der Waals surface area contributed by atoms with Crippen molar-refractivity contribution in [2.45, 2.75) is 78.5 Å². The Morgan fingerprint density at radius 2 is 1.89 bits per heavy atom. The molecule has 3 aliphatic rings. The van der Waals surface area contributed by atoms with E-state index in [1.807, 2.05) is 57.4 Å². The van der Waals surface area contributed by atoms with Gasteiger partial charge in [-0.1, -0.05) is 31.9 Å². The number of fused-ring (bicyclic) bond motifs is 2. The van der Waals surface area contributed by atoms with Crippen LogP contribution in [-0.2, 0) is 22.6 Å². The number of ether oxygens (including phenoxy) is 2. The Morgan fingerprint density at radius 3 is 2.56 bits per heavy atom. The molecular weight excluding hydrogens is 566 g/mol. The number of aromatic nitrogens is 3. The summed E-state index contributed by atoms with van der Waals surface area (Å²) in [5, 5.41) is 6.18. The molecule has 1 saturated carbocycles. The summed E-state index contributed by atoms with van der Waals surface area (Å²) < 4.78 is 14.7. The maximum atomic E-state index is 13.7. The monoisotopic (exact) mass is 611 g/mol. The summed E-state index contributed by atoms with van der Waals surface area (Å²) in [6.07, 6.45) is 11.3. The van der Waals surface area contributed by atoms with Crippen LogP contribution in [0.3, 0.4) is 0 Å². The van der Waals surface area contributed by atoms with E-state index in [9.17, 15) is 9.59 Å². The number of nitrogens with one attached hydrogen (secondary N) is 1. The van der Waals surface area contributed by atoms with Crippen molar-refractivity contribution in [2.75, 3.05) is 37.7 Å². The number of pyridine rings is 2. The number of nitrogens with zero attached hydrogens (tertiary/aromatic N) is 4. The summed E-state index contributed by atoms with van der Waals surface area (Å²) in [7, 11) is 0. The van der Waals surface area contributed by atoms with Crippen LogP contribution in [0.15, 0.2) is 53.7 Å². The normalized spacial score (nSPS) is 18.5. The number of hydrogen-bond acceptors (Lipinski definition) is 7. The molecule has 0 amide bonds. The van der Waals surface area contributed by atoms with Crippen LogP contribution in [0.1, 0.15) is 71.1 Å². The lowest BCUT2D eigenvalue weighted by Gasteiger charge is -2.56. The molecule has 0 atom stereocenters. The van der Waals surface area contributed by atoms with Gasteiger partial charge in [0.05, 0.1) is 48.0 Å². The highest BCUT2D eigenvalue weighted by Crippen LogP contribution is 2.44. The van der Waals surface area contributed by atoms with Crippen molar-refractivity contribution in [1.82, 2.24) is 19.4 Å². The van der Waals surface area contributed by atoms with Gasteiger partial charge in [-0.05, 0) is 69.2 Å². The topological polar surface area (TPSA) is 90.6 Å². The van der Waals surface area contributed by atoms with Crippen molar-refractivity contribution in [3.05, 3.63) is 70.5 Å². The van der Waals surface area contributed by atoms with E-state index in [0.717, 1.165) is 66.1 Å². The molecule has 3 fully saturated rings. The molecule has 0 bridgehead atoms. The largest absolute Gasteiger partial charge is 0.443 e. The number of carbonyl (C=O) groups is 1. The zero-order chi connectivity index (χ0) is 31.4. The Bertz CT molecular complexity index is 1800. The van der Waals surface area contributed by atoms with Gasteiger partial charge in [-0.2, -0.15) is 0 Å². The molecule has 1 spiro atoms. The van der Waals surface area contributed by atoms with E-state index in [2.05, 4.69) is 28.2 Å². The fourth-order valence-corrected chi connectivity index (χ4v) is 7.51. The molecule has 9 nitrogen and oxygen atoms in total. The minimum atomic E-state index is -0.624. The first kappa shape index (κ1) is 30.0. The second kappa shape index (κ2) is 11.3. The Hall–Kier alpha value is -3.69. The molecule has 238 valence electrons. The van der Waals surface area contributed by atoms with Crippen molar-refractivity contribution >= 4 is 33.5 Å². The molecule has 1 aromatic carbocycles. The van der Waals surface area contributed by atoms with Gasteiger partial charge in [0.25, 0.3) is 5.56 Å². The summed E-state index contributed by atoms with van der Waals surface area (Å²) in [6, 6.07) is 10.2. The Morgan fingerprint density at radius 1 is 1.09 bits per heavy atom. The molecule has 3 aromatic heterocycles. The van der Waals surface area contributed by atoms with Gasteiger partial charge in [0.2, 0.25) is 0 Å². The van der Waals surface area contributed by atoms with E-state index in [-0.39, 0.29) is 17.1 Å². The third kappa shape index (κ3) is 5.65. The van der Waals surface area contributed by atoms with Crippen molar-refractivity contribution < 1.29 is 14.3 Å². The summed E-state index contributed by atoms with van der Waals surface area (Å²) in [4.78, 5) is 34.0. The molecule has 0 radical (unpaired) electrons. The van der Waals surface area contributed by atoms with Crippen LogP contribution in [0, 0.1) is 10.8 Å². The Labute approximate surface area is 264 Å². The number of hydrogen-bond donors (Lipinski definition) is 1.